The first-order chi connectivity index (χ1) is 7.33. The Hall–Kier alpha value is -0.330. The zero-order valence-corrected chi connectivity index (χ0v) is 10.8. The van der Waals surface area contributed by atoms with E-state index in [0.29, 0.717) is 6.04 Å². The number of ether oxygens (including phenoxy) is 2. The van der Waals surface area contributed by atoms with Gasteiger partial charge in [-0.2, -0.15) is 0 Å². The third-order valence-corrected chi connectivity index (χ3v) is 3.72. The van der Waals surface area contributed by atoms with Crippen molar-refractivity contribution in [2.75, 3.05) is 26.9 Å². The van der Waals surface area contributed by atoms with E-state index in [1.807, 2.05) is 18.2 Å². The predicted molar refractivity (Wildman–Crippen MR) is 67.3 cm³/mol. The lowest BCUT2D eigenvalue weighted by molar-refractivity contribution is 0.0438. The number of hydrogen-bond acceptors (Lipinski definition) is 3. The van der Waals surface area contributed by atoms with Crippen LogP contribution in [0.25, 0.3) is 0 Å². The molecule has 1 fully saturated rings. The zero-order chi connectivity index (χ0) is 10.7. The van der Waals surface area contributed by atoms with Crippen molar-refractivity contribution < 1.29 is 9.47 Å². The Morgan fingerprint density at radius 2 is 2.27 bits per heavy atom. The fourth-order valence-electron chi connectivity index (χ4n) is 1.77. The van der Waals surface area contributed by atoms with Crippen LogP contribution >= 0.6 is 22.9 Å². The second-order valence-electron chi connectivity index (χ2n) is 3.46. The molecule has 15 heavy (non-hydrogen) atoms. The summed E-state index contributed by atoms with van der Waals surface area (Å²) < 4.78 is 13.1. The predicted octanol–water partition coefficient (Wildman–Crippen LogP) is 2.42. The summed E-state index contributed by atoms with van der Waals surface area (Å²) in [7, 11) is 1.71. The number of methoxy groups -OCH3 is 1. The van der Waals surface area contributed by atoms with Crippen LogP contribution in [0.2, 0.25) is 0 Å². The Balaban J connectivity index is 2.26. The van der Waals surface area contributed by atoms with Gasteiger partial charge >= 0.3 is 0 Å². The van der Waals surface area contributed by atoms with Crippen molar-refractivity contribution in [3.05, 3.63) is 29.8 Å². The van der Waals surface area contributed by atoms with Crippen molar-refractivity contribution in [2.45, 2.75) is 6.04 Å². The normalized spacial score (nSPS) is 22.7. The van der Waals surface area contributed by atoms with Crippen molar-refractivity contribution in [2.24, 2.45) is 0 Å². The smallest absolute Gasteiger partial charge is 0.123 e. The second kappa shape index (κ2) is 5.14. The molecule has 0 saturated carbocycles. The van der Waals surface area contributed by atoms with E-state index < -0.39 is 0 Å². The number of nitrogens with zero attached hydrogens (tertiary/aromatic N) is 1. The number of morpholine rings is 1. The van der Waals surface area contributed by atoms with Crippen LogP contribution in [-0.2, 0) is 4.74 Å². The molecule has 1 aliphatic heterocycles. The summed E-state index contributed by atoms with van der Waals surface area (Å²) in [5.74, 6) is 0.940. The molecule has 0 aliphatic carbocycles. The molecule has 82 valence electrons. The minimum absolute atomic E-state index is 0.301. The van der Waals surface area contributed by atoms with Crippen molar-refractivity contribution >= 4 is 22.9 Å². The van der Waals surface area contributed by atoms with E-state index in [9.17, 15) is 0 Å². The highest BCUT2D eigenvalue weighted by molar-refractivity contribution is 14.1. The molecule has 1 aromatic rings. The Labute approximate surface area is 104 Å². The average molecular weight is 319 g/mol. The third-order valence-electron chi connectivity index (χ3n) is 2.56. The molecule has 0 bridgehead atoms. The van der Waals surface area contributed by atoms with Crippen molar-refractivity contribution in [1.29, 1.82) is 0 Å². The first kappa shape index (κ1) is 11.2. The summed E-state index contributed by atoms with van der Waals surface area (Å²) in [6.07, 6.45) is 0. The molecule has 0 aromatic heterocycles. The van der Waals surface area contributed by atoms with E-state index in [-0.39, 0.29) is 0 Å². The van der Waals surface area contributed by atoms with Gasteiger partial charge in [0.05, 0.1) is 26.4 Å². The number of hydrogen-bond donors (Lipinski definition) is 0. The van der Waals surface area contributed by atoms with Crippen LogP contribution in [0.4, 0.5) is 0 Å². The van der Waals surface area contributed by atoms with Crippen molar-refractivity contribution in [1.82, 2.24) is 3.11 Å². The minimum Gasteiger partial charge on any atom is -0.496 e. The molecule has 3 nitrogen and oxygen atoms in total. The molecule has 1 aromatic carbocycles. The van der Waals surface area contributed by atoms with Crippen LogP contribution in [0.15, 0.2) is 24.3 Å². The SMILES string of the molecule is COc1ccccc1C1COCCN1I. The van der Waals surface area contributed by atoms with Gasteiger partial charge in [0.2, 0.25) is 0 Å². The molecule has 0 spiro atoms. The lowest BCUT2D eigenvalue weighted by atomic mass is 10.1. The molecule has 1 unspecified atom stereocenters. The number of para-hydroxylation sites is 1. The van der Waals surface area contributed by atoms with Crippen LogP contribution in [0, 0.1) is 0 Å². The highest BCUT2D eigenvalue weighted by Gasteiger charge is 2.24. The van der Waals surface area contributed by atoms with E-state index in [1.54, 1.807) is 7.11 Å². The van der Waals surface area contributed by atoms with Gasteiger partial charge in [0.1, 0.15) is 5.75 Å². The second-order valence-corrected chi connectivity index (χ2v) is 4.70. The molecule has 4 heteroatoms. The average Bonchev–Trinajstić information content (AvgIpc) is 2.30. The van der Waals surface area contributed by atoms with Crippen LogP contribution in [0.3, 0.4) is 0 Å². The molecule has 0 amide bonds. The fraction of sp³-hybridized carbons (Fsp3) is 0.455. The van der Waals surface area contributed by atoms with E-state index in [4.69, 9.17) is 9.47 Å². The largest absolute Gasteiger partial charge is 0.496 e. The molecule has 2 rings (SSSR count). The summed E-state index contributed by atoms with van der Waals surface area (Å²) in [6.45, 7) is 2.52. The highest BCUT2D eigenvalue weighted by atomic mass is 127. The summed E-state index contributed by atoms with van der Waals surface area (Å²) in [4.78, 5) is 0. The van der Waals surface area contributed by atoms with Crippen LogP contribution in [0.5, 0.6) is 5.75 Å². The third kappa shape index (κ3) is 2.43. The zero-order valence-electron chi connectivity index (χ0n) is 8.65. The van der Waals surface area contributed by atoms with Crippen LogP contribution in [-0.4, -0.2) is 30.0 Å². The molecular weight excluding hydrogens is 305 g/mol. The van der Waals surface area contributed by atoms with Crippen LogP contribution < -0.4 is 4.74 Å². The summed E-state index contributed by atoms with van der Waals surface area (Å²) in [5.41, 5.74) is 1.20. The monoisotopic (exact) mass is 319 g/mol. The quantitative estimate of drug-likeness (QED) is 0.617. The lowest BCUT2D eigenvalue weighted by Gasteiger charge is -2.31. The number of halogens is 1. The molecular formula is C11H14INO2. The van der Waals surface area contributed by atoms with E-state index in [0.717, 1.165) is 25.5 Å². The summed E-state index contributed by atoms with van der Waals surface area (Å²) in [5, 5.41) is 0. The van der Waals surface area contributed by atoms with Crippen molar-refractivity contribution in [3.8, 4) is 5.75 Å². The Morgan fingerprint density at radius 3 is 3.00 bits per heavy atom. The maximum absolute atomic E-state index is 5.50. The molecule has 1 aliphatic rings. The van der Waals surface area contributed by atoms with Crippen molar-refractivity contribution in [3.63, 3.8) is 0 Å². The maximum Gasteiger partial charge on any atom is 0.123 e. The molecule has 0 radical (unpaired) electrons. The standard InChI is InChI=1S/C11H14INO2/c1-14-11-5-3-2-4-9(11)10-8-15-7-6-13(10)12/h2-5,10H,6-8H2,1H3. The van der Waals surface area contributed by atoms with Gasteiger partial charge in [0, 0.05) is 35.0 Å². The van der Waals surface area contributed by atoms with Gasteiger partial charge in [0.25, 0.3) is 0 Å². The van der Waals surface area contributed by atoms with Gasteiger partial charge in [-0.25, -0.2) is 3.11 Å². The Morgan fingerprint density at radius 1 is 1.47 bits per heavy atom. The maximum atomic E-state index is 5.50. The minimum atomic E-state index is 0.301. The van der Waals surface area contributed by atoms with Crippen LogP contribution in [0.1, 0.15) is 11.6 Å². The van der Waals surface area contributed by atoms with E-state index in [2.05, 4.69) is 32.0 Å². The topological polar surface area (TPSA) is 21.7 Å². The highest BCUT2D eigenvalue weighted by Crippen LogP contribution is 2.32. The van der Waals surface area contributed by atoms with E-state index in [1.165, 1.54) is 5.56 Å². The Kier molecular flexibility index (Phi) is 3.82. The molecule has 1 saturated heterocycles. The summed E-state index contributed by atoms with van der Waals surface area (Å²) in [6, 6.07) is 8.43. The van der Waals surface area contributed by atoms with Gasteiger partial charge in [-0.3, -0.25) is 0 Å². The summed E-state index contributed by atoms with van der Waals surface area (Å²) >= 11 is 2.35. The first-order valence-electron chi connectivity index (χ1n) is 4.96. The van der Waals surface area contributed by atoms with E-state index >= 15 is 0 Å². The lowest BCUT2D eigenvalue weighted by Crippen LogP contribution is -2.32. The molecule has 1 atom stereocenters. The Bertz CT molecular complexity index is 332. The van der Waals surface area contributed by atoms with Gasteiger partial charge in [-0.05, 0) is 6.07 Å². The van der Waals surface area contributed by atoms with Gasteiger partial charge in [-0.15, -0.1) is 0 Å². The molecule has 0 N–H and O–H groups in total. The fourth-order valence-corrected chi connectivity index (χ4v) is 2.42. The molecule has 1 heterocycles. The first-order valence-corrected chi connectivity index (χ1v) is 5.92. The number of benzene rings is 1. The van der Waals surface area contributed by atoms with Gasteiger partial charge in [-0.1, -0.05) is 18.2 Å². The van der Waals surface area contributed by atoms with Gasteiger partial charge < -0.3 is 9.47 Å². The van der Waals surface area contributed by atoms with Gasteiger partial charge in [0.15, 0.2) is 0 Å². The number of rotatable bonds is 2.